The summed E-state index contributed by atoms with van der Waals surface area (Å²) in [7, 11) is 1.54. The monoisotopic (exact) mass is 399 g/mol. The molecule has 0 radical (unpaired) electrons. The smallest absolute Gasteiger partial charge is 0.292 e. The van der Waals surface area contributed by atoms with Gasteiger partial charge in [-0.2, -0.15) is 0 Å². The van der Waals surface area contributed by atoms with Crippen LogP contribution in [0.4, 0.5) is 11.4 Å². The lowest BCUT2D eigenvalue weighted by atomic mass is 10.1. The van der Waals surface area contributed by atoms with Crippen molar-refractivity contribution in [1.82, 2.24) is 4.90 Å². The van der Waals surface area contributed by atoms with E-state index in [-0.39, 0.29) is 22.6 Å². The van der Waals surface area contributed by atoms with E-state index in [4.69, 9.17) is 9.47 Å². The van der Waals surface area contributed by atoms with Crippen molar-refractivity contribution in [3.8, 4) is 11.5 Å². The van der Waals surface area contributed by atoms with E-state index in [0.717, 1.165) is 0 Å². The van der Waals surface area contributed by atoms with Crippen LogP contribution in [0.15, 0.2) is 42.5 Å². The molecule has 1 amide bonds. The van der Waals surface area contributed by atoms with E-state index >= 15 is 0 Å². The molecular weight excluding hydrogens is 374 g/mol. The summed E-state index contributed by atoms with van der Waals surface area (Å²) in [6.45, 7) is 5.88. The van der Waals surface area contributed by atoms with Gasteiger partial charge in [-0.25, -0.2) is 0 Å². The van der Waals surface area contributed by atoms with E-state index in [1.54, 1.807) is 48.4 Å². The minimum atomic E-state index is -0.375. The largest absolute Gasteiger partial charge is 0.493 e. The standard InChI is InChI=1S/C21H25N3O5/c1-15(2)29-19-9-8-16(14-20(19)28-3)21(25)23-12-10-22(11-13-23)17-6-4-5-7-18(17)24(26)27/h4-9,14-15H,10-13H2,1-3H3. The van der Waals surface area contributed by atoms with Crippen molar-refractivity contribution < 1.29 is 19.2 Å². The Hall–Kier alpha value is -3.29. The number of benzene rings is 2. The van der Waals surface area contributed by atoms with Crippen molar-refractivity contribution in [3.05, 3.63) is 58.1 Å². The first-order valence-electron chi connectivity index (χ1n) is 9.53. The number of hydrogen-bond donors (Lipinski definition) is 0. The van der Waals surface area contributed by atoms with Crippen molar-refractivity contribution in [1.29, 1.82) is 0 Å². The lowest BCUT2D eigenvalue weighted by molar-refractivity contribution is -0.384. The summed E-state index contributed by atoms with van der Waals surface area (Å²) in [4.78, 5) is 27.5. The number of rotatable bonds is 6. The summed E-state index contributed by atoms with van der Waals surface area (Å²) in [5, 5.41) is 11.3. The molecule has 1 saturated heterocycles. The van der Waals surface area contributed by atoms with Gasteiger partial charge >= 0.3 is 0 Å². The highest BCUT2D eigenvalue weighted by atomic mass is 16.6. The van der Waals surface area contributed by atoms with E-state index in [1.165, 1.54) is 6.07 Å². The SMILES string of the molecule is COc1cc(C(=O)N2CCN(c3ccccc3[N+](=O)[O-])CC2)ccc1OC(C)C. The Bertz CT molecular complexity index is 892. The van der Waals surface area contributed by atoms with E-state index in [1.807, 2.05) is 18.7 Å². The van der Waals surface area contributed by atoms with Crippen LogP contribution < -0.4 is 14.4 Å². The molecule has 29 heavy (non-hydrogen) atoms. The van der Waals surface area contributed by atoms with Crippen LogP contribution in [0, 0.1) is 10.1 Å². The van der Waals surface area contributed by atoms with Crippen LogP contribution in [0.3, 0.4) is 0 Å². The van der Waals surface area contributed by atoms with Crippen molar-refractivity contribution in [2.75, 3.05) is 38.2 Å². The molecule has 1 aliphatic rings. The number of amides is 1. The van der Waals surface area contributed by atoms with Gasteiger partial charge < -0.3 is 19.3 Å². The second kappa shape index (κ2) is 8.81. The predicted octanol–water partition coefficient (Wildman–Crippen LogP) is 3.35. The number of carbonyl (C=O) groups is 1. The number of nitro benzene ring substituents is 1. The number of nitro groups is 1. The Morgan fingerprint density at radius 3 is 2.38 bits per heavy atom. The van der Waals surface area contributed by atoms with Gasteiger partial charge in [-0.1, -0.05) is 12.1 Å². The normalized spacial score (nSPS) is 14.1. The van der Waals surface area contributed by atoms with Crippen molar-refractivity contribution in [2.24, 2.45) is 0 Å². The van der Waals surface area contributed by atoms with Crippen molar-refractivity contribution >= 4 is 17.3 Å². The van der Waals surface area contributed by atoms with Crippen LogP contribution in [-0.4, -0.2) is 55.1 Å². The summed E-state index contributed by atoms with van der Waals surface area (Å²) < 4.78 is 11.1. The Morgan fingerprint density at radius 1 is 1.07 bits per heavy atom. The Kier molecular flexibility index (Phi) is 6.21. The van der Waals surface area contributed by atoms with Gasteiger partial charge in [0.15, 0.2) is 11.5 Å². The van der Waals surface area contributed by atoms with Crippen molar-refractivity contribution in [2.45, 2.75) is 20.0 Å². The number of nitrogens with zero attached hydrogens (tertiary/aromatic N) is 3. The fraction of sp³-hybridized carbons (Fsp3) is 0.381. The first-order chi connectivity index (χ1) is 13.9. The molecule has 1 fully saturated rings. The molecule has 1 heterocycles. The average molecular weight is 399 g/mol. The third-order valence-electron chi connectivity index (χ3n) is 4.76. The van der Waals surface area contributed by atoms with Gasteiger partial charge in [-0.15, -0.1) is 0 Å². The highest BCUT2D eigenvalue weighted by Gasteiger charge is 2.26. The zero-order chi connectivity index (χ0) is 21.0. The molecule has 1 aliphatic heterocycles. The molecule has 0 bridgehead atoms. The highest BCUT2D eigenvalue weighted by Crippen LogP contribution is 2.31. The molecule has 8 nitrogen and oxygen atoms in total. The quantitative estimate of drug-likeness (QED) is 0.547. The maximum Gasteiger partial charge on any atom is 0.292 e. The maximum atomic E-state index is 12.9. The molecule has 3 rings (SSSR count). The lowest BCUT2D eigenvalue weighted by Crippen LogP contribution is -2.49. The predicted molar refractivity (Wildman–Crippen MR) is 110 cm³/mol. The number of anilines is 1. The van der Waals surface area contributed by atoms with Crippen LogP contribution in [-0.2, 0) is 0 Å². The third-order valence-corrected chi connectivity index (χ3v) is 4.76. The molecule has 0 aliphatic carbocycles. The molecular formula is C21H25N3O5. The van der Waals surface area contributed by atoms with Gasteiger partial charge in [0.25, 0.3) is 11.6 Å². The van der Waals surface area contributed by atoms with E-state index in [9.17, 15) is 14.9 Å². The van der Waals surface area contributed by atoms with Gasteiger partial charge in [0, 0.05) is 37.8 Å². The van der Waals surface area contributed by atoms with E-state index in [2.05, 4.69) is 0 Å². The Balaban J connectivity index is 1.70. The molecule has 8 heteroatoms. The molecule has 0 unspecified atom stereocenters. The molecule has 2 aromatic carbocycles. The fourth-order valence-electron chi connectivity index (χ4n) is 3.37. The molecule has 0 aromatic heterocycles. The molecule has 0 N–H and O–H groups in total. The van der Waals surface area contributed by atoms with Crippen LogP contribution in [0.2, 0.25) is 0 Å². The van der Waals surface area contributed by atoms with Gasteiger partial charge in [-0.05, 0) is 38.1 Å². The maximum absolute atomic E-state index is 12.9. The van der Waals surface area contributed by atoms with Gasteiger partial charge in [0.1, 0.15) is 5.69 Å². The fourth-order valence-corrected chi connectivity index (χ4v) is 3.37. The Labute approximate surface area is 169 Å². The number of ether oxygens (including phenoxy) is 2. The number of piperazine rings is 1. The molecule has 0 atom stereocenters. The van der Waals surface area contributed by atoms with Crippen LogP contribution in [0.1, 0.15) is 24.2 Å². The summed E-state index contributed by atoms with van der Waals surface area (Å²) in [6, 6.07) is 11.9. The van der Waals surface area contributed by atoms with E-state index < -0.39 is 0 Å². The zero-order valence-electron chi connectivity index (χ0n) is 16.8. The zero-order valence-corrected chi connectivity index (χ0v) is 16.8. The van der Waals surface area contributed by atoms with E-state index in [0.29, 0.717) is 48.9 Å². The van der Waals surface area contributed by atoms with Crippen molar-refractivity contribution in [3.63, 3.8) is 0 Å². The van der Waals surface area contributed by atoms with Crippen LogP contribution in [0.5, 0.6) is 11.5 Å². The third kappa shape index (κ3) is 4.59. The average Bonchev–Trinajstić information content (AvgIpc) is 2.73. The second-order valence-corrected chi connectivity index (χ2v) is 7.06. The van der Waals surface area contributed by atoms with Gasteiger partial charge in [0.05, 0.1) is 18.1 Å². The van der Waals surface area contributed by atoms with Gasteiger partial charge in [-0.3, -0.25) is 14.9 Å². The highest BCUT2D eigenvalue weighted by molar-refractivity contribution is 5.95. The molecule has 0 saturated carbocycles. The number of carbonyl (C=O) groups excluding carboxylic acids is 1. The summed E-state index contributed by atoms with van der Waals surface area (Å²) in [5.74, 6) is 1.02. The minimum absolute atomic E-state index is 0.000530. The second-order valence-electron chi connectivity index (χ2n) is 7.06. The number of para-hydroxylation sites is 2. The lowest BCUT2D eigenvalue weighted by Gasteiger charge is -2.35. The first kappa shape index (κ1) is 20.4. The van der Waals surface area contributed by atoms with Gasteiger partial charge in [0.2, 0.25) is 0 Å². The molecule has 2 aromatic rings. The molecule has 0 spiro atoms. The minimum Gasteiger partial charge on any atom is -0.493 e. The topological polar surface area (TPSA) is 85.2 Å². The number of methoxy groups -OCH3 is 1. The van der Waals surface area contributed by atoms with Crippen LogP contribution in [0.25, 0.3) is 0 Å². The van der Waals surface area contributed by atoms with Crippen LogP contribution >= 0.6 is 0 Å². The first-order valence-corrected chi connectivity index (χ1v) is 9.53. The Morgan fingerprint density at radius 2 is 1.76 bits per heavy atom. The molecule has 154 valence electrons. The summed E-state index contributed by atoms with van der Waals surface area (Å²) in [5.41, 5.74) is 1.19. The number of hydrogen-bond acceptors (Lipinski definition) is 6. The summed E-state index contributed by atoms with van der Waals surface area (Å²) in [6.07, 6.45) is 0.000530. The summed E-state index contributed by atoms with van der Waals surface area (Å²) >= 11 is 0.